The first-order valence-electron chi connectivity index (χ1n) is 6.67. The molecule has 0 aliphatic carbocycles. The van der Waals surface area contributed by atoms with E-state index in [2.05, 4.69) is 40.7 Å². The van der Waals surface area contributed by atoms with Gasteiger partial charge in [0.2, 0.25) is 0 Å². The van der Waals surface area contributed by atoms with Crippen molar-refractivity contribution in [1.82, 2.24) is 9.47 Å². The number of aliphatic carboxylic acids is 1. The largest absolute Gasteiger partial charge is 0.481 e. The summed E-state index contributed by atoms with van der Waals surface area (Å²) < 4.78 is 2.38. The molecule has 2 aromatic rings. The monoisotopic (exact) mass is 258 g/mol. The predicted molar refractivity (Wildman–Crippen MR) is 74.2 cm³/mol. The maximum Gasteiger partial charge on any atom is 0.304 e. The van der Waals surface area contributed by atoms with Gasteiger partial charge >= 0.3 is 5.97 Å². The maximum atomic E-state index is 10.6. The van der Waals surface area contributed by atoms with Crippen LogP contribution in [0.1, 0.15) is 17.7 Å². The molecule has 0 fully saturated rings. The molecule has 0 radical (unpaired) electrons. The number of fused-ring (bicyclic) bond motifs is 3. The minimum absolute atomic E-state index is 0.221. The highest BCUT2D eigenvalue weighted by molar-refractivity contribution is 5.84. The molecular formula is C15H18N2O2. The number of aryl methyl sites for hydroxylation is 1. The number of carbonyl (C=O) groups is 1. The normalized spacial score (nSPS) is 15.6. The zero-order valence-corrected chi connectivity index (χ0v) is 11.1. The number of carboxylic acids is 1. The van der Waals surface area contributed by atoms with Gasteiger partial charge in [0.05, 0.1) is 11.9 Å². The number of para-hydroxylation sites is 1. The van der Waals surface area contributed by atoms with Crippen LogP contribution < -0.4 is 0 Å². The smallest absolute Gasteiger partial charge is 0.304 e. The highest BCUT2D eigenvalue weighted by Crippen LogP contribution is 2.26. The molecule has 1 aromatic carbocycles. The lowest BCUT2D eigenvalue weighted by atomic mass is 10.2. The Hall–Kier alpha value is -1.81. The van der Waals surface area contributed by atoms with Gasteiger partial charge in [-0.1, -0.05) is 18.2 Å². The summed E-state index contributed by atoms with van der Waals surface area (Å²) in [7, 11) is 0. The van der Waals surface area contributed by atoms with E-state index < -0.39 is 5.97 Å². The van der Waals surface area contributed by atoms with Crippen molar-refractivity contribution in [2.45, 2.75) is 26.4 Å². The topological polar surface area (TPSA) is 45.5 Å². The molecule has 0 unspecified atom stereocenters. The maximum absolute atomic E-state index is 10.6. The summed E-state index contributed by atoms with van der Waals surface area (Å²) in [6.07, 6.45) is 0.221. The van der Waals surface area contributed by atoms with Crippen LogP contribution >= 0.6 is 0 Å². The number of carboxylic acid groups (broad SMARTS) is 1. The molecule has 1 N–H and O–H groups in total. The first-order chi connectivity index (χ1) is 9.15. The molecule has 4 nitrogen and oxygen atoms in total. The fraction of sp³-hybridized carbons (Fsp3) is 0.400. The minimum Gasteiger partial charge on any atom is -0.481 e. The number of aromatic nitrogens is 1. The summed E-state index contributed by atoms with van der Waals surface area (Å²) in [5.41, 5.74) is 3.93. The van der Waals surface area contributed by atoms with Crippen molar-refractivity contribution in [3.05, 3.63) is 35.5 Å². The Kier molecular flexibility index (Phi) is 3.03. The molecule has 19 heavy (non-hydrogen) atoms. The Bertz CT molecular complexity index is 630. The van der Waals surface area contributed by atoms with Gasteiger partial charge in [-0.2, -0.15) is 0 Å². The minimum atomic E-state index is -0.720. The molecular weight excluding hydrogens is 240 g/mol. The number of hydrogen-bond acceptors (Lipinski definition) is 2. The molecule has 4 heteroatoms. The second-order valence-corrected chi connectivity index (χ2v) is 5.22. The molecule has 1 aromatic heterocycles. The average molecular weight is 258 g/mol. The van der Waals surface area contributed by atoms with Gasteiger partial charge in [0, 0.05) is 37.3 Å². The Morgan fingerprint density at radius 1 is 1.37 bits per heavy atom. The lowest BCUT2D eigenvalue weighted by Crippen LogP contribution is -2.34. The fourth-order valence-electron chi connectivity index (χ4n) is 2.95. The van der Waals surface area contributed by atoms with Crippen LogP contribution in [0.15, 0.2) is 24.3 Å². The molecule has 3 rings (SSSR count). The first kappa shape index (κ1) is 12.2. The Balaban J connectivity index is 1.88. The van der Waals surface area contributed by atoms with Crippen molar-refractivity contribution in [2.75, 3.05) is 13.1 Å². The average Bonchev–Trinajstić information content (AvgIpc) is 2.75. The molecule has 0 saturated carbocycles. The molecule has 0 spiro atoms. The van der Waals surface area contributed by atoms with E-state index >= 15 is 0 Å². The van der Waals surface area contributed by atoms with Gasteiger partial charge < -0.3 is 9.67 Å². The highest BCUT2D eigenvalue weighted by atomic mass is 16.4. The zero-order valence-electron chi connectivity index (χ0n) is 11.1. The number of nitrogens with zero attached hydrogens (tertiary/aromatic N) is 2. The van der Waals surface area contributed by atoms with Crippen LogP contribution in [0.25, 0.3) is 10.9 Å². The summed E-state index contributed by atoms with van der Waals surface area (Å²) >= 11 is 0. The SMILES string of the molecule is Cc1cccc2cc3n(c12)CCN(CCC(=O)O)C3. The summed E-state index contributed by atoms with van der Waals surface area (Å²) in [5, 5.41) is 10.0. The predicted octanol–water partition coefficient (Wildman–Crippen LogP) is 2.24. The summed E-state index contributed by atoms with van der Waals surface area (Å²) in [6, 6.07) is 8.61. The van der Waals surface area contributed by atoms with Gasteiger partial charge in [0.15, 0.2) is 0 Å². The van der Waals surface area contributed by atoms with E-state index in [1.165, 1.54) is 22.2 Å². The number of rotatable bonds is 3. The molecule has 0 saturated heterocycles. The number of hydrogen-bond donors (Lipinski definition) is 1. The molecule has 2 heterocycles. The summed E-state index contributed by atoms with van der Waals surface area (Å²) in [4.78, 5) is 12.9. The van der Waals surface area contributed by atoms with E-state index in [0.29, 0.717) is 6.54 Å². The standard InChI is InChI=1S/C15H18N2O2/c1-11-3-2-4-12-9-13-10-16(6-5-14(18)19)7-8-17(13)15(11)12/h2-4,9H,5-8,10H2,1H3,(H,18,19). The van der Waals surface area contributed by atoms with Crippen molar-refractivity contribution >= 4 is 16.9 Å². The van der Waals surface area contributed by atoms with Crippen LogP contribution in [-0.2, 0) is 17.9 Å². The molecule has 100 valence electrons. The molecule has 0 amide bonds. The van der Waals surface area contributed by atoms with Gasteiger partial charge in [-0.3, -0.25) is 9.69 Å². The molecule has 0 bridgehead atoms. The second-order valence-electron chi connectivity index (χ2n) is 5.22. The van der Waals surface area contributed by atoms with Crippen LogP contribution in [0.5, 0.6) is 0 Å². The van der Waals surface area contributed by atoms with Crippen molar-refractivity contribution in [3.8, 4) is 0 Å². The highest BCUT2D eigenvalue weighted by Gasteiger charge is 2.19. The Morgan fingerprint density at radius 3 is 3.00 bits per heavy atom. The molecule has 1 aliphatic rings. The first-order valence-corrected chi connectivity index (χ1v) is 6.67. The van der Waals surface area contributed by atoms with Gasteiger partial charge in [0.25, 0.3) is 0 Å². The van der Waals surface area contributed by atoms with Gasteiger partial charge in [-0.25, -0.2) is 0 Å². The third-order valence-electron chi connectivity index (χ3n) is 3.88. The van der Waals surface area contributed by atoms with Crippen LogP contribution in [-0.4, -0.2) is 33.6 Å². The zero-order chi connectivity index (χ0) is 13.4. The van der Waals surface area contributed by atoms with Crippen LogP contribution in [0, 0.1) is 6.92 Å². The Labute approximate surface area is 112 Å². The number of benzene rings is 1. The van der Waals surface area contributed by atoms with E-state index in [-0.39, 0.29) is 6.42 Å². The van der Waals surface area contributed by atoms with Crippen LogP contribution in [0.4, 0.5) is 0 Å². The quantitative estimate of drug-likeness (QED) is 0.918. The van der Waals surface area contributed by atoms with Crippen molar-refractivity contribution in [2.24, 2.45) is 0 Å². The van der Waals surface area contributed by atoms with Gasteiger partial charge in [0.1, 0.15) is 0 Å². The van der Waals surface area contributed by atoms with Crippen molar-refractivity contribution in [1.29, 1.82) is 0 Å². The van der Waals surface area contributed by atoms with Crippen molar-refractivity contribution < 1.29 is 9.90 Å². The van der Waals surface area contributed by atoms with Gasteiger partial charge in [-0.05, 0) is 18.6 Å². The van der Waals surface area contributed by atoms with E-state index in [9.17, 15) is 4.79 Å². The molecule has 0 atom stereocenters. The second kappa shape index (κ2) is 4.70. The van der Waals surface area contributed by atoms with Crippen molar-refractivity contribution in [3.63, 3.8) is 0 Å². The summed E-state index contributed by atoms with van der Waals surface area (Å²) in [6.45, 7) is 5.51. The van der Waals surface area contributed by atoms with Crippen LogP contribution in [0.2, 0.25) is 0 Å². The van der Waals surface area contributed by atoms with E-state index in [0.717, 1.165) is 19.6 Å². The van der Waals surface area contributed by atoms with E-state index in [4.69, 9.17) is 5.11 Å². The summed E-state index contributed by atoms with van der Waals surface area (Å²) in [5.74, 6) is -0.720. The van der Waals surface area contributed by atoms with Gasteiger partial charge in [-0.15, -0.1) is 0 Å². The lowest BCUT2D eigenvalue weighted by Gasteiger charge is -2.28. The lowest BCUT2D eigenvalue weighted by molar-refractivity contribution is -0.137. The third-order valence-corrected chi connectivity index (χ3v) is 3.88. The van der Waals surface area contributed by atoms with Crippen LogP contribution in [0.3, 0.4) is 0 Å². The Morgan fingerprint density at radius 2 is 2.21 bits per heavy atom. The fourth-order valence-corrected chi connectivity index (χ4v) is 2.95. The van der Waals surface area contributed by atoms with E-state index in [1.54, 1.807) is 0 Å². The molecule has 1 aliphatic heterocycles. The van der Waals surface area contributed by atoms with E-state index in [1.807, 2.05) is 0 Å². The third kappa shape index (κ3) is 2.24.